The van der Waals surface area contributed by atoms with E-state index in [2.05, 4.69) is 29.0 Å². The molecule has 0 radical (unpaired) electrons. The van der Waals surface area contributed by atoms with Gasteiger partial charge in [-0.3, -0.25) is 4.79 Å². The number of aromatic nitrogens is 1. The third kappa shape index (κ3) is 4.09. The van der Waals surface area contributed by atoms with Gasteiger partial charge in [-0.2, -0.15) is 0 Å². The Hall–Kier alpha value is -1.30. The van der Waals surface area contributed by atoms with Gasteiger partial charge in [-0.1, -0.05) is 38.0 Å². The van der Waals surface area contributed by atoms with Gasteiger partial charge in [0.2, 0.25) is 0 Å². The third-order valence-electron chi connectivity index (χ3n) is 4.08. The summed E-state index contributed by atoms with van der Waals surface area (Å²) >= 11 is 1.41. The fraction of sp³-hybridized carbons (Fsp3) is 0.733. The van der Waals surface area contributed by atoms with Crippen LogP contribution in [0.5, 0.6) is 0 Å². The molecule has 0 aromatic carbocycles. The number of amides is 1. The first-order valence-corrected chi connectivity index (χ1v) is 8.62. The molecule has 0 aliphatic carbocycles. The Balaban J connectivity index is 2.09. The molecule has 1 aliphatic heterocycles. The molecule has 6 heteroatoms. The van der Waals surface area contributed by atoms with Crippen molar-refractivity contribution in [3.05, 3.63) is 4.88 Å². The molecule has 0 spiro atoms. The van der Waals surface area contributed by atoms with Crippen LogP contribution in [0.3, 0.4) is 0 Å². The molecule has 1 fully saturated rings. The average molecular weight is 310 g/mol. The first kappa shape index (κ1) is 16.1. The van der Waals surface area contributed by atoms with Gasteiger partial charge in [0.15, 0.2) is 5.13 Å². The molecular formula is C15H26N4OS. The minimum absolute atomic E-state index is 0.104. The van der Waals surface area contributed by atoms with Crippen LogP contribution in [0, 0.1) is 5.92 Å². The maximum atomic E-state index is 12.3. The van der Waals surface area contributed by atoms with E-state index in [9.17, 15) is 4.79 Å². The monoisotopic (exact) mass is 310 g/mol. The van der Waals surface area contributed by atoms with Crippen molar-refractivity contribution >= 4 is 28.2 Å². The molecule has 1 unspecified atom stereocenters. The summed E-state index contributed by atoms with van der Waals surface area (Å²) in [6, 6.07) is 0.126. The van der Waals surface area contributed by atoms with Gasteiger partial charge in [0.1, 0.15) is 10.7 Å². The summed E-state index contributed by atoms with van der Waals surface area (Å²) in [5.74, 6) is 0.646. The van der Waals surface area contributed by atoms with Gasteiger partial charge < -0.3 is 16.0 Å². The molecule has 3 N–H and O–H groups in total. The van der Waals surface area contributed by atoms with Crippen LogP contribution in [-0.4, -0.2) is 30.0 Å². The van der Waals surface area contributed by atoms with Crippen LogP contribution in [0.25, 0.3) is 0 Å². The van der Waals surface area contributed by atoms with Crippen molar-refractivity contribution in [3.63, 3.8) is 0 Å². The summed E-state index contributed by atoms with van der Waals surface area (Å²) in [4.78, 5) is 19.5. The van der Waals surface area contributed by atoms with Crippen molar-refractivity contribution in [2.75, 3.05) is 23.7 Å². The van der Waals surface area contributed by atoms with Crippen molar-refractivity contribution in [2.24, 2.45) is 5.92 Å². The molecule has 1 amide bonds. The van der Waals surface area contributed by atoms with Crippen molar-refractivity contribution in [2.45, 2.75) is 52.5 Å². The smallest absolute Gasteiger partial charge is 0.265 e. The van der Waals surface area contributed by atoms with Gasteiger partial charge in [-0.05, 0) is 25.7 Å². The van der Waals surface area contributed by atoms with Crippen molar-refractivity contribution in [1.82, 2.24) is 10.3 Å². The van der Waals surface area contributed by atoms with Gasteiger partial charge in [0, 0.05) is 19.1 Å². The molecule has 5 nitrogen and oxygen atoms in total. The number of carbonyl (C=O) groups excluding carboxylic acids is 1. The number of thiazole rings is 1. The average Bonchev–Trinajstić information content (AvgIpc) is 2.65. The number of nitrogen functional groups attached to an aromatic ring is 1. The number of nitrogens with two attached hydrogens (primary N) is 1. The molecule has 1 atom stereocenters. The lowest BCUT2D eigenvalue weighted by atomic mass is 10.1. The molecule has 1 aromatic rings. The minimum atomic E-state index is -0.104. The van der Waals surface area contributed by atoms with Crippen LogP contribution < -0.4 is 16.0 Å². The zero-order chi connectivity index (χ0) is 15.4. The Morgan fingerprint density at radius 3 is 2.43 bits per heavy atom. The first-order valence-electron chi connectivity index (χ1n) is 7.81. The van der Waals surface area contributed by atoms with E-state index in [0.29, 0.717) is 16.6 Å². The second-order valence-electron chi connectivity index (χ2n) is 6.12. The topological polar surface area (TPSA) is 71.2 Å². The second kappa shape index (κ2) is 7.11. The molecule has 0 saturated carbocycles. The zero-order valence-corrected chi connectivity index (χ0v) is 14.0. The van der Waals surface area contributed by atoms with Gasteiger partial charge in [-0.15, -0.1) is 0 Å². The summed E-state index contributed by atoms with van der Waals surface area (Å²) in [5.41, 5.74) is 5.95. The van der Waals surface area contributed by atoms with Gasteiger partial charge in [0.05, 0.1) is 0 Å². The van der Waals surface area contributed by atoms with E-state index in [-0.39, 0.29) is 11.9 Å². The summed E-state index contributed by atoms with van der Waals surface area (Å²) in [6.07, 6.45) is 4.92. The molecule has 1 aromatic heterocycles. The highest BCUT2D eigenvalue weighted by Crippen LogP contribution is 2.29. The fourth-order valence-electron chi connectivity index (χ4n) is 2.32. The molecule has 2 rings (SSSR count). The Bertz CT molecular complexity index is 478. The predicted molar refractivity (Wildman–Crippen MR) is 89.0 cm³/mol. The van der Waals surface area contributed by atoms with Crippen molar-refractivity contribution in [1.29, 1.82) is 0 Å². The normalized spacial score (nSPS) is 17.6. The summed E-state index contributed by atoms with van der Waals surface area (Å²) < 4.78 is 0. The van der Waals surface area contributed by atoms with Crippen LogP contribution in [-0.2, 0) is 0 Å². The number of rotatable bonds is 4. The number of nitrogens with one attached hydrogen (secondary N) is 1. The molecule has 2 heterocycles. The molecule has 118 valence electrons. The Morgan fingerprint density at radius 2 is 1.86 bits per heavy atom. The number of anilines is 2. The summed E-state index contributed by atoms with van der Waals surface area (Å²) in [6.45, 7) is 8.20. The highest BCUT2D eigenvalue weighted by Gasteiger charge is 2.22. The lowest BCUT2D eigenvalue weighted by molar-refractivity contribution is 0.0935. The number of hydrogen-bond acceptors (Lipinski definition) is 5. The predicted octanol–water partition coefficient (Wildman–Crippen LogP) is 2.88. The van der Waals surface area contributed by atoms with E-state index in [1.807, 2.05) is 6.92 Å². The van der Waals surface area contributed by atoms with Gasteiger partial charge in [0.25, 0.3) is 5.91 Å². The SMILES string of the molecule is CC(C)C(C)NC(=O)c1sc(N2CCCCCC2)nc1N. The molecule has 1 aliphatic rings. The fourth-order valence-corrected chi connectivity index (χ4v) is 3.26. The van der Waals surface area contributed by atoms with E-state index in [4.69, 9.17) is 5.73 Å². The largest absolute Gasteiger partial charge is 0.382 e. The number of nitrogens with zero attached hydrogens (tertiary/aromatic N) is 2. The van der Waals surface area contributed by atoms with Gasteiger partial charge >= 0.3 is 0 Å². The standard InChI is InChI=1S/C15H26N4OS/c1-10(2)11(3)17-14(20)12-13(16)18-15(21-12)19-8-6-4-5-7-9-19/h10-11H,4-9,16H2,1-3H3,(H,17,20). The lowest BCUT2D eigenvalue weighted by Crippen LogP contribution is -2.36. The van der Waals surface area contributed by atoms with Crippen molar-refractivity contribution < 1.29 is 4.79 Å². The molecule has 21 heavy (non-hydrogen) atoms. The van der Waals surface area contributed by atoms with Crippen LogP contribution in [0.1, 0.15) is 56.1 Å². The van der Waals surface area contributed by atoms with Crippen LogP contribution in [0.2, 0.25) is 0 Å². The minimum Gasteiger partial charge on any atom is -0.382 e. The van der Waals surface area contributed by atoms with E-state index >= 15 is 0 Å². The Kier molecular flexibility index (Phi) is 5.45. The van der Waals surface area contributed by atoms with Crippen molar-refractivity contribution in [3.8, 4) is 0 Å². The number of carbonyl (C=O) groups is 1. The third-order valence-corrected chi connectivity index (χ3v) is 5.21. The van der Waals surface area contributed by atoms with E-state index in [0.717, 1.165) is 18.2 Å². The van der Waals surface area contributed by atoms with Crippen LogP contribution >= 0.6 is 11.3 Å². The lowest BCUT2D eigenvalue weighted by Gasteiger charge is -2.18. The Labute approximate surface area is 130 Å². The first-order chi connectivity index (χ1) is 9.99. The zero-order valence-electron chi connectivity index (χ0n) is 13.2. The van der Waals surface area contributed by atoms with Crippen LogP contribution in [0.4, 0.5) is 10.9 Å². The highest BCUT2D eigenvalue weighted by atomic mass is 32.1. The summed E-state index contributed by atoms with van der Waals surface area (Å²) in [5, 5.41) is 3.88. The molecule has 1 saturated heterocycles. The quantitative estimate of drug-likeness (QED) is 0.897. The highest BCUT2D eigenvalue weighted by molar-refractivity contribution is 7.18. The molecule has 0 bridgehead atoms. The van der Waals surface area contributed by atoms with Crippen LogP contribution in [0.15, 0.2) is 0 Å². The van der Waals surface area contributed by atoms with E-state index in [1.165, 1.54) is 37.0 Å². The number of hydrogen-bond donors (Lipinski definition) is 2. The molecular weight excluding hydrogens is 284 g/mol. The maximum absolute atomic E-state index is 12.3. The second-order valence-corrected chi connectivity index (χ2v) is 7.10. The van der Waals surface area contributed by atoms with E-state index in [1.54, 1.807) is 0 Å². The maximum Gasteiger partial charge on any atom is 0.265 e. The van der Waals surface area contributed by atoms with E-state index < -0.39 is 0 Å². The van der Waals surface area contributed by atoms with Gasteiger partial charge in [-0.25, -0.2) is 4.98 Å². The Morgan fingerprint density at radius 1 is 1.24 bits per heavy atom. The summed E-state index contributed by atoms with van der Waals surface area (Å²) in [7, 11) is 0.